The van der Waals surface area contributed by atoms with Gasteiger partial charge in [0.05, 0.1) is 0 Å². The molecule has 0 spiro atoms. The van der Waals surface area contributed by atoms with E-state index in [9.17, 15) is 0 Å². The first-order valence-electron chi connectivity index (χ1n) is 3.88. The van der Waals surface area contributed by atoms with Crippen LogP contribution in [0.5, 0.6) is 0 Å². The highest BCUT2D eigenvalue weighted by Crippen LogP contribution is 2.23. The van der Waals surface area contributed by atoms with Crippen molar-refractivity contribution in [2.75, 3.05) is 13.6 Å². The standard InChI is InChI=1S/C9H12BrNS/c1-11-6-3-2-4-9-8(10)5-7-12-9/h2,4-5,7,11H,3,6H2,1H3. The Balaban J connectivity index is 2.41. The van der Waals surface area contributed by atoms with Gasteiger partial charge in [-0.25, -0.2) is 0 Å². The first-order valence-corrected chi connectivity index (χ1v) is 5.56. The van der Waals surface area contributed by atoms with Gasteiger partial charge < -0.3 is 5.32 Å². The van der Waals surface area contributed by atoms with Gasteiger partial charge in [-0.05, 0) is 53.5 Å². The smallest absolute Gasteiger partial charge is 0.0409 e. The van der Waals surface area contributed by atoms with E-state index < -0.39 is 0 Å². The molecule has 0 aliphatic rings. The van der Waals surface area contributed by atoms with Gasteiger partial charge in [-0.1, -0.05) is 6.08 Å². The van der Waals surface area contributed by atoms with Crippen LogP contribution in [0.2, 0.25) is 0 Å². The van der Waals surface area contributed by atoms with Crippen LogP contribution in [0.3, 0.4) is 0 Å². The lowest BCUT2D eigenvalue weighted by molar-refractivity contribution is 0.809. The predicted octanol–water partition coefficient (Wildman–Crippen LogP) is 3.13. The largest absolute Gasteiger partial charge is 0.319 e. The Bertz CT molecular complexity index is 255. The molecule has 0 saturated heterocycles. The van der Waals surface area contributed by atoms with E-state index in [1.807, 2.05) is 7.05 Å². The molecule has 1 rings (SSSR count). The zero-order valence-corrected chi connectivity index (χ0v) is 9.41. The minimum Gasteiger partial charge on any atom is -0.319 e. The normalized spacial score (nSPS) is 11.2. The zero-order chi connectivity index (χ0) is 8.81. The first-order chi connectivity index (χ1) is 5.84. The molecule has 1 N–H and O–H groups in total. The Labute approximate surface area is 85.6 Å². The second-order valence-corrected chi connectivity index (χ2v) is 4.23. The van der Waals surface area contributed by atoms with Crippen molar-refractivity contribution >= 4 is 33.3 Å². The van der Waals surface area contributed by atoms with E-state index in [-0.39, 0.29) is 0 Å². The third-order valence-corrected chi connectivity index (χ3v) is 3.31. The highest BCUT2D eigenvalue weighted by Gasteiger charge is 1.94. The van der Waals surface area contributed by atoms with Crippen LogP contribution in [0.1, 0.15) is 11.3 Å². The Morgan fingerprint density at radius 1 is 1.67 bits per heavy atom. The fourth-order valence-electron chi connectivity index (χ4n) is 0.842. The van der Waals surface area contributed by atoms with Gasteiger partial charge in [0.1, 0.15) is 0 Å². The lowest BCUT2D eigenvalue weighted by atomic mass is 10.3. The molecule has 3 heteroatoms. The van der Waals surface area contributed by atoms with Gasteiger partial charge >= 0.3 is 0 Å². The van der Waals surface area contributed by atoms with E-state index in [2.05, 4.69) is 44.8 Å². The van der Waals surface area contributed by atoms with Gasteiger partial charge in [-0.15, -0.1) is 11.3 Å². The van der Waals surface area contributed by atoms with E-state index in [4.69, 9.17) is 0 Å². The maximum atomic E-state index is 3.48. The van der Waals surface area contributed by atoms with Gasteiger partial charge in [0.25, 0.3) is 0 Å². The number of hydrogen-bond donors (Lipinski definition) is 1. The van der Waals surface area contributed by atoms with Crippen LogP contribution in [0.4, 0.5) is 0 Å². The van der Waals surface area contributed by atoms with Crippen molar-refractivity contribution in [2.45, 2.75) is 6.42 Å². The number of thiophene rings is 1. The first kappa shape index (κ1) is 9.96. The van der Waals surface area contributed by atoms with E-state index in [0.29, 0.717) is 0 Å². The second kappa shape index (κ2) is 5.51. The number of rotatable bonds is 4. The molecule has 12 heavy (non-hydrogen) atoms. The van der Waals surface area contributed by atoms with E-state index in [1.165, 1.54) is 9.35 Å². The van der Waals surface area contributed by atoms with Crippen LogP contribution in [0.25, 0.3) is 6.08 Å². The number of nitrogens with one attached hydrogen (secondary N) is 1. The molecule has 0 aliphatic heterocycles. The number of halogens is 1. The molecular formula is C9H12BrNS. The van der Waals surface area contributed by atoms with Crippen LogP contribution in [-0.4, -0.2) is 13.6 Å². The van der Waals surface area contributed by atoms with Crippen molar-refractivity contribution in [2.24, 2.45) is 0 Å². The molecule has 1 aromatic heterocycles. The molecule has 0 amide bonds. The molecule has 0 fully saturated rings. The van der Waals surface area contributed by atoms with Gasteiger partial charge in [0, 0.05) is 9.35 Å². The summed E-state index contributed by atoms with van der Waals surface area (Å²) in [6, 6.07) is 2.07. The van der Waals surface area contributed by atoms with Crippen molar-refractivity contribution in [1.82, 2.24) is 5.32 Å². The van der Waals surface area contributed by atoms with Crippen molar-refractivity contribution < 1.29 is 0 Å². The lowest BCUT2D eigenvalue weighted by Crippen LogP contribution is -2.05. The highest BCUT2D eigenvalue weighted by atomic mass is 79.9. The molecule has 0 radical (unpaired) electrons. The molecule has 1 heterocycles. The topological polar surface area (TPSA) is 12.0 Å². The molecule has 0 atom stereocenters. The molecule has 0 aromatic carbocycles. The van der Waals surface area contributed by atoms with Crippen LogP contribution in [0.15, 0.2) is 22.0 Å². The molecule has 1 aromatic rings. The second-order valence-electron chi connectivity index (χ2n) is 2.43. The summed E-state index contributed by atoms with van der Waals surface area (Å²) in [5.41, 5.74) is 0. The fraction of sp³-hybridized carbons (Fsp3) is 0.333. The summed E-state index contributed by atoms with van der Waals surface area (Å²) in [6.45, 7) is 1.04. The molecular weight excluding hydrogens is 234 g/mol. The fourth-order valence-corrected chi connectivity index (χ4v) is 2.27. The van der Waals surface area contributed by atoms with Crippen molar-refractivity contribution in [3.05, 3.63) is 26.9 Å². The highest BCUT2D eigenvalue weighted by molar-refractivity contribution is 9.10. The van der Waals surface area contributed by atoms with E-state index in [1.54, 1.807) is 11.3 Å². The maximum Gasteiger partial charge on any atom is 0.0409 e. The van der Waals surface area contributed by atoms with Gasteiger partial charge in [-0.2, -0.15) is 0 Å². The zero-order valence-electron chi connectivity index (χ0n) is 7.01. The Morgan fingerprint density at radius 2 is 2.50 bits per heavy atom. The van der Waals surface area contributed by atoms with E-state index >= 15 is 0 Å². The number of hydrogen-bond acceptors (Lipinski definition) is 2. The molecule has 0 unspecified atom stereocenters. The third kappa shape index (κ3) is 3.09. The van der Waals surface area contributed by atoms with Gasteiger partial charge in [0.2, 0.25) is 0 Å². The summed E-state index contributed by atoms with van der Waals surface area (Å²) >= 11 is 5.23. The summed E-state index contributed by atoms with van der Waals surface area (Å²) in [6.07, 6.45) is 5.43. The summed E-state index contributed by atoms with van der Waals surface area (Å²) in [5, 5.41) is 5.19. The van der Waals surface area contributed by atoms with Gasteiger partial charge in [-0.3, -0.25) is 0 Å². The van der Waals surface area contributed by atoms with Crippen molar-refractivity contribution in [3.63, 3.8) is 0 Å². The predicted molar refractivity (Wildman–Crippen MR) is 59.6 cm³/mol. The average molecular weight is 246 g/mol. The molecule has 66 valence electrons. The maximum absolute atomic E-state index is 3.48. The molecule has 0 aliphatic carbocycles. The Hall–Kier alpha value is -0.120. The average Bonchev–Trinajstić information content (AvgIpc) is 2.46. The summed E-state index contributed by atoms with van der Waals surface area (Å²) < 4.78 is 1.19. The molecule has 0 bridgehead atoms. The third-order valence-electron chi connectivity index (χ3n) is 1.47. The monoisotopic (exact) mass is 245 g/mol. The molecule has 1 nitrogen and oxygen atoms in total. The van der Waals surface area contributed by atoms with Gasteiger partial charge in [0.15, 0.2) is 0 Å². The van der Waals surface area contributed by atoms with Crippen LogP contribution >= 0.6 is 27.3 Å². The van der Waals surface area contributed by atoms with E-state index in [0.717, 1.165) is 13.0 Å². The summed E-state index contributed by atoms with van der Waals surface area (Å²) in [4.78, 5) is 1.30. The van der Waals surface area contributed by atoms with Crippen molar-refractivity contribution in [1.29, 1.82) is 0 Å². The quantitative estimate of drug-likeness (QED) is 0.805. The summed E-state index contributed by atoms with van der Waals surface area (Å²) in [5.74, 6) is 0. The Kier molecular flexibility index (Phi) is 4.58. The van der Waals surface area contributed by atoms with Crippen LogP contribution in [-0.2, 0) is 0 Å². The molecule has 0 saturated carbocycles. The lowest BCUT2D eigenvalue weighted by Gasteiger charge is -1.91. The Morgan fingerprint density at radius 3 is 3.08 bits per heavy atom. The minimum atomic E-state index is 1.04. The summed E-state index contributed by atoms with van der Waals surface area (Å²) in [7, 11) is 1.97. The van der Waals surface area contributed by atoms with Crippen LogP contribution in [0, 0.1) is 0 Å². The van der Waals surface area contributed by atoms with Crippen LogP contribution < -0.4 is 5.32 Å². The van der Waals surface area contributed by atoms with Crippen molar-refractivity contribution in [3.8, 4) is 0 Å². The minimum absolute atomic E-state index is 1.04. The SMILES string of the molecule is CNCCC=Cc1sccc1Br.